The van der Waals surface area contributed by atoms with E-state index in [4.69, 9.17) is 4.74 Å². The van der Waals surface area contributed by atoms with Gasteiger partial charge in [0, 0.05) is 26.2 Å². The van der Waals surface area contributed by atoms with Crippen LogP contribution in [0.3, 0.4) is 0 Å². The lowest BCUT2D eigenvalue weighted by Gasteiger charge is -2.35. The number of ether oxygens (including phenoxy) is 1. The molecule has 0 saturated heterocycles. The monoisotopic (exact) mass is 258 g/mol. The van der Waals surface area contributed by atoms with E-state index in [1.54, 1.807) is 0 Å². The van der Waals surface area contributed by atoms with Gasteiger partial charge in [-0.1, -0.05) is 34.1 Å². The Morgan fingerprint density at radius 3 is 2.39 bits per heavy atom. The van der Waals surface area contributed by atoms with Crippen molar-refractivity contribution >= 4 is 0 Å². The maximum Gasteiger partial charge on any atom is 0.0593 e. The molecule has 0 aromatic carbocycles. The molecule has 0 aliphatic rings. The van der Waals surface area contributed by atoms with E-state index in [1.165, 1.54) is 12.8 Å². The normalized spacial score (nSPS) is 15.0. The Kier molecular flexibility index (Phi) is 10.7. The molecule has 3 nitrogen and oxygen atoms in total. The zero-order valence-electron chi connectivity index (χ0n) is 13.2. The minimum atomic E-state index is 0.382. The summed E-state index contributed by atoms with van der Waals surface area (Å²) in [6.45, 7) is 18.3. The van der Waals surface area contributed by atoms with Crippen molar-refractivity contribution in [2.75, 3.05) is 45.9 Å². The Labute approximate surface area is 114 Å². The van der Waals surface area contributed by atoms with Crippen LogP contribution in [0.15, 0.2) is 0 Å². The average Bonchev–Trinajstić information content (AvgIpc) is 2.36. The summed E-state index contributed by atoms with van der Waals surface area (Å²) in [6.07, 6.45) is 2.54. The Hall–Kier alpha value is -0.120. The summed E-state index contributed by atoms with van der Waals surface area (Å²) in [5.74, 6) is 0. The lowest BCUT2D eigenvalue weighted by Crippen LogP contribution is -2.43. The largest absolute Gasteiger partial charge is 0.380 e. The van der Waals surface area contributed by atoms with Gasteiger partial charge in [-0.2, -0.15) is 0 Å². The molecule has 18 heavy (non-hydrogen) atoms. The zero-order valence-corrected chi connectivity index (χ0v) is 13.2. The first-order valence-electron chi connectivity index (χ1n) is 7.62. The van der Waals surface area contributed by atoms with Crippen molar-refractivity contribution in [3.8, 4) is 0 Å². The van der Waals surface area contributed by atoms with Crippen molar-refractivity contribution in [2.45, 2.75) is 47.5 Å². The predicted octanol–water partition coefficient (Wildman–Crippen LogP) is 2.76. The molecule has 0 fully saturated rings. The summed E-state index contributed by atoms with van der Waals surface area (Å²) >= 11 is 0. The minimum absolute atomic E-state index is 0.382. The Morgan fingerprint density at radius 2 is 1.89 bits per heavy atom. The van der Waals surface area contributed by atoms with Gasteiger partial charge in [-0.15, -0.1) is 0 Å². The van der Waals surface area contributed by atoms with Crippen LogP contribution in [0.2, 0.25) is 0 Å². The lowest BCUT2D eigenvalue weighted by atomic mass is 9.84. The molecule has 0 amide bonds. The van der Waals surface area contributed by atoms with Crippen molar-refractivity contribution in [1.29, 1.82) is 0 Å². The molecule has 1 atom stereocenters. The topological polar surface area (TPSA) is 24.5 Å². The fraction of sp³-hybridized carbons (Fsp3) is 1.00. The second kappa shape index (κ2) is 10.8. The Bertz CT molecular complexity index is 187. The first-order chi connectivity index (χ1) is 8.61. The Morgan fingerprint density at radius 1 is 1.17 bits per heavy atom. The van der Waals surface area contributed by atoms with Crippen molar-refractivity contribution in [2.24, 2.45) is 5.41 Å². The summed E-state index contributed by atoms with van der Waals surface area (Å²) in [5, 5.41) is 3.51. The van der Waals surface area contributed by atoms with Gasteiger partial charge in [0.15, 0.2) is 0 Å². The third-order valence-corrected chi connectivity index (χ3v) is 3.46. The average molecular weight is 258 g/mol. The number of rotatable bonds is 12. The number of nitrogens with zero attached hydrogens (tertiary/aromatic N) is 1. The van der Waals surface area contributed by atoms with Crippen LogP contribution in [0.4, 0.5) is 0 Å². The number of hydrogen-bond acceptors (Lipinski definition) is 3. The summed E-state index contributed by atoms with van der Waals surface area (Å²) in [6, 6.07) is 0. The van der Waals surface area contributed by atoms with E-state index in [9.17, 15) is 0 Å². The first-order valence-corrected chi connectivity index (χ1v) is 7.62. The van der Waals surface area contributed by atoms with Gasteiger partial charge in [0.1, 0.15) is 0 Å². The van der Waals surface area contributed by atoms with Crippen LogP contribution in [0.5, 0.6) is 0 Å². The standard InChI is InChI=1S/C15H34N2O/c1-6-10-15(5,13-16-7-2)14-17(8-3)11-12-18-9-4/h16H,6-14H2,1-5H3. The molecule has 0 spiro atoms. The molecule has 0 rings (SSSR count). The molecule has 0 radical (unpaired) electrons. The van der Waals surface area contributed by atoms with Crippen molar-refractivity contribution in [3.63, 3.8) is 0 Å². The van der Waals surface area contributed by atoms with E-state index < -0.39 is 0 Å². The van der Waals surface area contributed by atoms with Crippen molar-refractivity contribution in [1.82, 2.24) is 10.2 Å². The molecule has 0 bridgehead atoms. The summed E-state index contributed by atoms with van der Waals surface area (Å²) in [7, 11) is 0. The maximum absolute atomic E-state index is 5.46. The van der Waals surface area contributed by atoms with E-state index in [-0.39, 0.29) is 0 Å². The van der Waals surface area contributed by atoms with Gasteiger partial charge >= 0.3 is 0 Å². The van der Waals surface area contributed by atoms with Crippen LogP contribution in [-0.2, 0) is 4.74 Å². The van der Waals surface area contributed by atoms with Gasteiger partial charge in [-0.05, 0) is 31.8 Å². The SMILES string of the molecule is CCCC(C)(CNCC)CN(CC)CCOCC. The molecule has 3 heteroatoms. The molecule has 0 aliphatic carbocycles. The van der Waals surface area contributed by atoms with Crippen LogP contribution in [-0.4, -0.2) is 50.8 Å². The highest BCUT2D eigenvalue weighted by atomic mass is 16.5. The van der Waals surface area contributed by atoms with Crippen LogP contribution < -0.4 is 5.32 Å². The molecular formula is C15H34N2O. The van der Waals surface area contributed by atoms with Crippen LogP contribution in [0, 0.1) is 5.41 Å². The molecule has 1 unspecified atom stereocenters. The van der Waals surface area contributed by atoms with Crippen molar-refractivity contribution in [3.05, 3.63) is 0 Å². The third-order valence-electron chi connectivity index (χ3n) is 3.46. The van der Waals surface area contributed by atoms with E-state index in [0.29, 0.717) is 5.41 Å². The molecule has 0 saturated carbocycles. The second-order valence-electron chi connectivity index (χ2n) is 5.41. The van der Waals surface area contributed by atoms with Gasteiger partial charge in [0.25, 0.3) is 0 Å². The molecule has 110 valence electrons. The van der Waals surface area contributed by atoms with Crippen LogP contribution >= 0.6 is 0 Å². The second-order valence-corrected chi connectivity index (χ2v) is 5.41. The molecule has 0 aromatic rings. The summed E-state index contributed by atoms with van der Waals surface area (Å²) in [4.78, 5) is 2.52. The number of hydrogen-bond donors (Lipinski definition) is 1. The van der Waals surface area contributed by atoms with E-state index in [2.05, 4.69) is 44.8 Å². The highest BCUT2D eigenvalue weighted by Crippen LogP contribution is 2.23. The summed E-state index contributed by atoms with van der Waals surface area (Å²) < 4.78 is 5.46. The molecular weight excluding hydrogens is 224 g/mol. The summed E-state index contributed by atoms with van der Waals surface area (Å²) in [5.41, 5.74) is 0.382. The van der Waals surface area contributed by atoms with Gasteiger partial charge < -0.3 is 15.0 Å². The first kappa shape index (κ1) is 17.9. The van der Waals surface area contributed by atoms with Gasteiger partial charge in [-0.25, -0.2) is 0 Å². The Balaban J connectivity index is 4.23. The quantitative estimate of drug-likeness (QED) is 0.545. The minimum Gasteiger partial charge on any atom is -0.380 e. The fourth-order valence-corrected chi connectivity index (χ4v) is 2.48. The van der Waals surface area contributed by atoms with Crippen LogP contribution in [0.25, 0.3) is 0 Å². The highest BCUT2D eigenvalue weighted by Gasteiger charge is 2.25. The highest BCUT2D eigenvalue weighted by molar-refractivity contribution is 4.80. The smallest absolute Gasteiger partial charge is 0.0593 e. The van der Waals surface area contributed by atoms with Gasteiger partial charge in [-0.3, -0.25) is 0 Å². The van der Waals surface area contributed by atoms with Gasteiger partial charge in [0.2, 0.25) is 0 Å². The predicted molar refractivity (Wildman–Crippen MR) is 80.2 cm³/mol. The van der Waals surface area contributed by atoms with E-state index in [0.717, 1.165) is 45.9 Å². The number of likely N-dealkylation sites (N-methyl/N-ethyl adjacent to an activating group) is 1. The number of nitrogens with one attached hydrogen (secondary N) is 1. The zero-order chi connectivity index (χ0) is 13.9. The molecule has 1 N–H and O–H groups in total. The van der Waals surface area contributed by atoms with E-state index >= 15 is 0 Å². The molecule has 0 aromatic heterocycles. The van der Waals surface area contributed by atoms with Crippen LogP contribution in [0.1, 0.15) is 47.5 Å². The third kappa shape index (κ3) is 8.06. The lowest BCUT2D eigenvalue weighted by molar-refractivity contribution is 0.0900. The molecule has 0 heterocycles. The van der Waals surface area contributed by atoms with Gasteiger partial charge in [0.05, 0.1) is 6.61 Å². The maximum atomic E-state index is 5.46. The van der Waals surface area contributed by atoms with Crippen molar-refractivity contribution < 1.29 is 4.74 Å². The fourth-order valence-electron chi connectivity index (χ4n) is 2.48. The van der Waals surface area contributed by atoms with E-state index in [1.807, 2.05) is 0 Å². The molecule has 0 aliphatic heterocycles.